The number of nitrogens with one attached hydrogen (secondary N) is 1. The van der Waals surface area contributed by atoms with E-state index >= 15 is 0 Å². The van der Waals surface area contributed by atoms with Gasteiger partial charge in [-0.3, -0.25) is 10.1 Å². The average Bonchev–Trinajstić information content (AvgIpc) is 3.01. The molecule has 2 fully saturated rings. The molecule has 1 saturated heterocycles. The van der Waals surface area contributed by atoms with Gasteiger partial charge in [-0.05, 0) is 25.2 Å². The summed E-state index contributed by atoms with van der Waals surface area (Å²) >= 11 is 0. The van der Waals surface area contributed by atoms with Crippen LogP contribution in [0.2, 0.25) is 0 Å². The summed E-state index contributed by atoms with van der Waals surface area (Å²) in [5.74, 6) is 0.712. The van der Waals surface area contributed by atoms with Gasteiger partial charge in [0, 0.05) is 7.11 Å². The lowest BCUT2D eigenvalue weighted by Crippen LogP contribution is -2.49. The minimum atomic E-state index is -0.207. The number of nitrogens with zero attached hydrogens (tertiary/aromatic N) is 1. The summed E-state index contributed by atoms with van der Waals surface area (Å²) in [5.41, 5.74) is -0.207. The fourth-order valence-corrected chi connectivity index (χ4v) is 2.77. The smallest absolute Gasteiger partial charge is 0.244 e. The Morgan fingerprint density at radius 1 is 1.53 bits per heavy atom. The predicted octanol–water partition coefficient (Wildman–Crippen LogP) is 1.36. The predicted molar refractivity (Wildman–Crippen MR) is 66.5 cm³/mol. The Morgan fingerprint density at radius 3 is 2.59 bits per heavy atom. The topological polar surface area (TPSA) is 41.6 Å². The van der Waals surface area contributed by atoms with Crippen LogP contribution in [0.25, 0.3) is 0 Å². The molecule has 1 saturated carbocycles. The van der Waals surface area contributed by atoms with Crippen molar-refractivity contribution in [2.24, 2.45) is 5.92 Å². The summed E-state index contributed by atoms with van der Waals surface area (Å²) in [6, 6.07) is 0.185. The maximum absolute atomic E-state index is 12.5. The second kappa shape index (κ2) is 4.58. The maximum atomic E-state index is 12.5. The van der Waals surface area contributed by atoms with Gasteiger partial charge < -0.3 is 9.64 Å². The highest BCUT2D eigenvalue weighted by molar-refractivity contribution is 5.92. The van der Waals surface area contributed by atoms with Crippen molar-refractivity contribution in [3.05, 3.63) is 0 Å². The van der Waals surface area contributed by atoms with E-state index in [1.807, 2.05) is 4.90 Å². The Balaban J connectivity index is 2.18. The largest absolute Gasteiger partial charge is 0.383 e. The molecule has 0 aromatic carbocycles. The summed E-state index contributed by atoms with van der Waals surface area (Å²) in [4.78, 5) is 14.5. The van der Waals surface area contributed by atoms with Gasteiger partial charge in [-0.25, -0.2) is 0 Å². The lowest BCUT2D eigenvalue weighted by atomic mass is 10.0. The van der Waals surface area contributed by atoms with E-state index < -0.39 is 0 Å². The van der Waals surface area contributed by atoms with E-state index in [9.17, 15) is 4.79 Å². The van der Waals surface area contributed by atoms with Crippen LogP contribution in [-0.2, 0) is 9.53 Å². The van der Waals surface area contributed by atoms with Crippen LogP contribution in [0.5, 0.6) is 0 Å². The van der Waals surface area contributed by atoms with Crippen molar-refractivity contribution in [2.45, 2.75) is 57.8 Å². The van der Waals surface area contributed by atoms with Crippen molar-refractivity contribution in [1.82, 2.24) is 10.2 Å². The Bertz CT molecular complexity index is 300. The summed E-state index contributed by atoms with van der Waals surface area (Å²) < 4.78 is 5.29. The fourth-order valence-electron chi connectivity index (χ4n) is 2.77. The minimum absolute atomic E-state index is 0.185. The normalized spacial score (nSPS) is 28.2. The first-order valence-electron chi connectivity index (χ1n) is 6.65. The molecule has 1 N–H and O–H groups in total. The van der Waals surface area contributed by atoms with Gasteiger partial charge in [0.15, 0.2) is 0 Å². The first-order valence-corrected chi connectivity index (χ1v) is 6.65. The highest BCUT2D eigenvalue weighted by Crippen LogP contribution is 2.43. The number of carbonyl (C=O) groups is 1. The standard InChI is InChI=1S/C13H24N2O2/c1-5-11-14-13(6-7-13)12(16)15(11)10(8-17-4)9(2)3/h9-11,14H,5-8H2,1-4H3. The van der Waals surface area contributed by atoms with Crippen molar-refractivity contribution < 1.29 is 9.53 Å². The molecular formula is C13H24N2O2. The SMILES string of the molecule is CCC1NC2(CC2)C(=O)N1C(COC)C(C)C. The molecule has 0 bridgehead atoms. The van der Waals surface area contributed by atoms with Crippen LogP contribution in [0.3, 0.4) is 0 Å². The first kappa shape index (κ1) is 12.8. The van der Waals surface area contributed by atoms with Crippen LogP contribution in [-0.4, -0.2) is 42.3 Å². The van der Waals surface area contributed by atoms with Crippen LogP contribution in [0, 0.1) is 5.92 Å². The summed E-state index contributed by atoms with van der Waals surface area (Å²) in [7, 11) is 1.71. The van der Waals surface area contributed by atoms with Crippen LogP contribution in [0.4, 0.5) is 0 Å². The summed E-state index contributed by atoms with van der Waals surface area (Å²) in [6.45, 7) is 7.06. The zero-order valence-electron chi connectivity index (χ0n) is 11.3. The highest BCUT2D eigenvalue weighted by atomic mass is 16.5. The number of hydrogen-bond acceptors (Lipinski definition) is 3. The number of carbonyl (C=O) groups excluding carboxylic acids is 1. The van der Waals surface area contributed by atoms with Gasteiger partial charge in [0.05, 0.1) is 24.4 Å². The fraction of sp³-hybridized carbons (Fsp3) is 0.923. The second-order valence-corrected chi connectivity index (χ2v) is 5.63. The van der Waals surface area contributed by atoms with Crippen LogP contribution < -0.4 is 5.32 Å². The molecule has 1 heterocycles. The molecule has 1 aliphatic heterocycles. The molecule has 1 aliphatic carbocycles. The van der Waals surface area contributed by atoms with Gasteiger partial charge in [-0.15, -0.1) is 0 Å². The van der Waals surface area contributed by atoms with E-state index in [4.69, 9.17) is 4.74 Å². The lowest BCUT2D eigenvalue weighted by molar-refractivity contribution is -0.135. The van der Waals surface area contributed by atoms with Gasteiger partial charge in [0.2, 0.25) is 5.91 Å². The summed E-state index contributed by atoms with van der Waals surface area (Å²) in [6.07, 6.45) is 3.14. The molecule has 1 spiro atoms. The number of methoxy groups -OCH3 is 1. The molecule has 98 valence electrons. The van der Waals surface area contributed by atoms with Crippen molar-refractivity contribution in [1.29, 1.82) is 0 Å². The Kier molecular flexibility index (Phi) is 3.46. The third-order valence-corrected chi connectivity index (χ3v) is 4.02. The Morgan fingerprint density at radius 2 is 2.18 bits per heavy atom. The van der Waals surface area contributed by atoms with Crippen molar-refractivity contribution in [2.75, 3.05) is 13.7 Å². The average molecular weight is 240 g/mol. The molecule has 17 heavy (non-hydrogen) atoms. The molecule has 0 aromatic rings. The zero-order valence-corrected chi connectivity index (χ0v) is 11.3. The van der Waals surface area contributed by atoms with Gasteiger partial charge in [0.1, 0.15) is 0 Å². The zero-order chi connectivity index (χ0) is 12.6. The van der Waals surface area contributed by atoms with E-state index in [0.717, 1.165) is 19.3 Å². The molecule has 2 aliphatic rings. The van der Waals surface area contributed by atoms with E-state index in [1.165, 1.54) is 0 Å². The molecule has 2 rings (SSSR count). The van der Waals surface area contributed by atoms with Crippen LogP contribution in [0.15, 0.2) is 0 Å². The first-order chi connectivity index (χ1) is 8.05. The maximum Gasteiger partial charge on any atom is 0.244 e. The second-order valence-electron chi connectivity index (χ2n) is 5.63. The van der Waals surface area contributed by atoms with Crippen molar-refractivity contribution in [3.63, 3.8) is 0 Å². The molecule has 0 radical (unpaired) electrons. The van der Waals surface area contributed by atoms with Gasteiger partial charge >= 0.3 is 0 Å². The van der Waals surface area contributed by atoms with Crippen LogP contribution >= 0.6 is 0 Å². The van der Waals surface area contributed by atoms with Crippen molar-refractivity contribution >= 4 is 5.91 Å². The van der Waals surface area contributed by atoms with E-state index in [2.05, 4.69) is 26.1 Å². The quantitative estimate of drug-likeness (QED) is 0.789. The van der Waals surface area contributed by atoms with Gasteiger partial charge in [0.25, 0.3) is 0 Å². The molecule has 1 amide bonds. The molecule has 0 aromatic heterocycles. The Hall–Kier alpha value is -0.610. The number of ether oxygens (including phenoxy) is 1. The minimum Gasteiger partial charge on any atom is -0.383 e. The van der Waals surface area contributed by atoms with E-state index in [0.29, 0.717) is 18.4 Å². The van der Waals surface area contributed by atoms with Gasteiger partial charge in [-0.2, -0.15) is 0 Å². The number of rotatable bonds is 5. The molecule has 2 unspecified atom stereocenters. The number of amides is 1. The summed E-state index contributed by atoms with van der Waals surface area (Å²) in [5, 5.41) is 3.51. The Labute approximate surface area is 104 Å². The molecular weight excluding hydrogens is 216 g/mol. The van der Waals surface area contributed by atoms with Crippen molar-refractivity contribution in [3.8, 4) is 0 Å². The third kappa shape index (κ3) is 2.08. The van der Waals surface area contributed by atoms with Gasteiger partial charge in [-0.1, -0.05) is 20.8 Å². The molecule has 4 heteroatoms. The lowest BCUT2D eigenvalue weighted by Gasteiger charge is -2.34. The monoisotopic (exact) mass is 240 g/mol. The molecule has 2 atom stereocenters. The van der Waals surface area contributed by atoms with E-state index in [1.54, 1.807) is 7.11 Å². The highest BCUT2D eigenvalue weighted by Gasteiger charge is 2.60. The van der Waals surface area contributed by atoms with E-state index in [-0.39, 0.29) is 17.7 Å². The molecule has 4 nitrogen and oxygen atoms in total. The third-order valence-electron chi connectivity index (χ3n) is 4.02. The number of hydrogen-bond donors (Lipinski definition) is 1. The van der Waals surface area contributed by atoms with Crippen LogP contribution in [0.1, 0.15) is 40.0 Å².